The largest absolute Gasteiger partial charge is 0.459 e. The number of rotatable bonds is 3. The van der Waals surface area contributed by atoms with Gasteiger partial charge in [0, 0.05) is 26.2 Å². The van der Waals surface area contributed by atoms with Gasteiger partial charge >= 0.3 is 0 Å². The molecule has 0 radical (unpaired) electrons. The first kappa shape index (κ1) is 11.7. The van der Waals surface area contributed by atoms with Gasteiger partial charge in [0.15, 0.2) is 5.76 Å². The van der Waals surface area contributed by atoms with Crippen molar-refractivity contribution >= 4 is 11.8 Å². The number of hydrogen-bond donors (Lipinski definition) is 1. The monoisotopic (exact) mass is 237 g/mol. The van der Waals surface area contributed by atoms with E-state index in [2.05, 4.69) is 0 Å². The second kappa shape index (κ2) is 5.01. The molecule has 1 saturated heterocycles. The summed E-state index contributed by atoms with van der Waals surface area (Å²) in [6, 6.07) is 3.34. The Hall–Kier alpha value is -1.82. The van der Waals surface area contributed by atoms with E-state index in [1.165, 1.54) is 6.26 Å². The summed E-state index contributed by atoms with van der Waals surface area (Å²) in [7, 11) is 0. The van der Waals surface area contributed by atoms with E-state index in [9.17, 15) is 9.59 Å². The number of piperazine rings is 1. The van der Waals surface area contributed by atoms with Crippen LogP contribution in [0.15, 0.2) is 22.8 Å². The highest BCUT2D eigenvalue weighted by molar-refractivity contribution is 5.91. The van der Waals surface area contributed by atoms with Gasteiger partial charge in [0.25, 0.3) is 5.91 Å². The maximum absolute atomic E-state index is 11.9. The van der Waals surface area contributed by atoms with Gasteiger partial charge in [-0.1, -0.05) is 0 Å². The zero-order valence-corrected chi connectivity index (χ0v) is 9.46. The Kier molecular flexibility index (Phi) is 3.43. The first-order valence-corrected chi connectivity index (χ1v) is 5.50. The Labute approximate surface area is 99.0 Å². The van der Waals surface area contributed by atoms with Crippen molar-refractivity contribution in [2.75, 3.05) is 32.7 Å². The molecule has 1 aromatic heterocycles. The first-order valence-electron chi connectivity index (χ1n) is 5.50. The molecule has 0 saturated carbocycles. The molecule has 2 N–H and O–H groups in total. The molecule has 0 spiro atoms. The standard InChI is InChI=1S/C11H15N3O3/c12-10(15)8-13-3-5-14(6-4-13)11(16)9-2-1-7-17-9/h1-2,7H,3-6,8H2,(H2,12,15). The van der Waals surface area contributed by atoms with Crippen molar-refractivity contribution in [1.82, 2.24) is 9.80 Å². The molecule has 2 rings (SSSR count). The minimum absolute atomic E-state index is 0.103. The van der Waals surface area contributed by atoms with Crippen molar-refractivity contribution in [2.24, 2.45) is 5.73 Å². The van der Waals surface area contributed by atoms with Crippen LogP contribution in [-0.2, 0) is 4.79 Å². The quantitative estimate of drug-likeness (QED) is 0.770. The van der Waals surface area contributed by atoms with Gasteiger partial charge in [-0.2, -0.15) is 0 Å². The highest BCUT2D eigenvalue weighted by Crippen LogP contribution is 2.08. The molecule has 0 bridgehead atoms. The van der Waals surface area contributed by atoms with Crippen LogP contribution in [-0.4, -0.2) is 54.3 Å². The lowest BCUT2D eigenvalue weighted by atomic mass is 10.3. The molecule has 0 unspecified atom stereocenters. The fraction of sp³-hybridized carbons (Fsp3) is 0.455. The summed E-state index contributed by atoms with van der Waals surface area (Å²) in [6.07, 6.45) is 1.48. The first-order chi connectivity index (χ1) is 8.16. The van der Waals surface area contributed by atoms with Crippen LogP contribution in [0.25, 0.3) is 0 Å². The number of hydrogen-bond acceptors (Lipinski definition) is 4. The third-order valence-corrected chi connectivity index (χ3v) is 2.77. The van der Waals surface area contributed by atoms with Gasteiger partial charge in [0.2, 0.25) is 5.91 Å². The molecule has 6 nitrogen and oxygen atoms in total. The molecule has 1 aliphatic rings. The van der Waals surface area contributed by atoms with E-state index in [1.807, 2.05) is 4.90 Å². The summed E-state index contributed by atoms with van der Waals surface area (Å²) in [4.78, 5) is 26.3. The van der Waals surface area contributed by atoms with Gasteiger partial charge in [-0.25, -0.2) is 0 Å². The molecule has 17 heavy (non-hydrogen) atoms. The second-order valence-electron chi connectivity index (χ2n) is 4.01. The lowest BCUT2D eigenvalue weighted by molar-refractivity contribution is -0.119. The van der Waals surface area contributed by atoms with E-state index < -0.39 is 0 Å². The fourth-order valence-corrected chi connectivity index (χ4v) is 1.89. The van der Waals surface area contributed by atoms with E-state index in [1.54, 1.807) is 17.0 Å². The molecule has 0 aliphatic carbocycles. The summed E-state index contributed by atoms with van der Waals surface area (Å²) in [6.45, 7) is 2.76. The van der Waals surface area contributed by atoms with Crippen LogP contribution in [0.2, 0.25) is 0 Å². The minimum Gasteiger partial charge on any atom is -0.459 e. The maximum Gasteiger partial charge on any atom is 0.289 e. The van der Waals surface area contributed by atoms with Gasteiger partial charge in [-0.3, -0.25) is 14.5 Å². The molecule has 0 aromatic carbocycles. The number of nitrogens with two attached hydrogens (primary N) is 1. The minimum atomic E-state index is -0.337. The van der Waals surface area contributed by atoms with E-state index >= 15 is 0 Å². The lowest BCUT2D eigenvalue weighted by Crippen LogP contribution is -2.50. The van der Waals surface area contributed by atoms with E-state index in [0.717, 1.165) is 0 Å². The van der Waals surface area contributed by atoms with Crippen LogP contribution in [0.1, 0.15) is 10.6 Å². The Bertz CT molecular complexity index is 394. The van der Waals surface area contributed by atoms with E-state index in [4.69, 9.17) is 10.2 Å². The van der Waals surface area contributed by atoms with E-state index in [-0.39, 0.29) is 18.4 Å². The van der Waals surface area contributed by atoms with Gasteiger partial charge in [0.05, 0.1) is 12.8 Å². The number of carbonyl (C=O) groups excluding carboxylic acids is 2. The summed E-state index contributed by atoms with van der Waals surface area (Å²) >= 11 is 0. The van der Waals surface area contributed by atoms with Crippen LogP contribution < -0.4 is 5.73 Å². The Morgan fingerprint density at radius 2 is 2.00 bits per heavy atom. The lowest BCUT2D eigenvalue weighted by Gasteiger charge is -2.33. The molecule has 0 atom stereocenters. The Morgan fingerprint density at radius 3 is 2.53 bits per heavy atom. The molecule has 1 aromatic rings. The van der Waals surface area contributed by atoms with Crippen LogP contribution in [0, 0.1) is 0 Å². The molecule has 6 heteroatoms. The molecule has 92 valence electrons. The normalized spacial score (nSPS) is 17.1. The number of nitrogens with zero attached hydrogens (tertiary/aromatic N) is 2. The van der Waals surface area contributed by atoms with Crippen molar-refractivity contribution in [3.8, 4) is 0 Å². The fourth-order valence-electron chi connectivity index (χ4n) is 1.89. The van der Waals surface area contributed by atoms with Crippen LogP contribution >= 0.6 is 0 Å². The SMILES string of the molecule is NC(=O)CN1CCN(C(=O)c2ccco2)CC1. The summed E-state index contributed by atoms with van der Waals surface area (Å²) in [5.41, 5.74) is 5.12. The molecular weight excluding hydrogens is 222 g/mol. The third-order valence-electron chi connectivity index (χ3n) is 2.77. The highest BCUT2D eigenvalue weighted by Gasteiger charge is 2.23. The van der Waals surface area contributed by atoms with E-state index in [0.29, 0.717) is 31.9 Å². The predicted molar refractivity (Wildman–Crippen MR) is 60.2 cm³/mol. The molecule has 2 heterocycles. The molecule has 1 fully saturated rings. The highest BCUT2D eigenvalue weighted by atomic mass is 16.3. The number of primary amides is 1. The second-order valence-corrected chi connectivity index (χ2v) is 4.01. The van der Waals surface area contributed by atoms with Gasteiger partial charge in [-0.05, 0) is 12.1 Å². The van der Waals surface area contributed by atoms with Crippen LogP contribution in [0.3, 0.4) is 0 Å². The van der Waals surface area contributed by atoms with Crippen molar-refractivity contribution in [3.05, 3.63) is 24.2 Å². The average Bonchev–Trinajstić information content (AvgIpc) is 2.82. The zero-order valence-electron chi connectivity index (χ0n) is 9.46. The van der Waals surface area contributed by atoms with Crippen molar-refractivity contribution in [2.45, 2.75) is 0 Å². The van der Waals surface area contributed by atoms with Crippen LogP contribution in [0.5, 0.6) is 0 Å². The van der Waals surface area contributed by atoms with Gasteiger partial charge in [-0.15, -0.1) is 0 Å². The van der Waals surface area contributed by atoms with Crippen molar-refractivity contribution in [1.29, 1.82) is 0 Å². The molecule has 2 amide bonds. The topological polar surface area (TPSA) is 79.8 Å². The number of amides is 2. The van der Waals surface area contributed by atoms with Gasteiger partial charge < -0.3 is 15.1 Å². The molecule has 1 aliphatic heterocycles. The van der Waals surface area contributed by atoms with Crippen LogP contribution in [0.4, 0.5) is 0 Å². The van der Waals surface area contributed by atoms with Crippen molar-refractivity contribution in [3.63, 3.8) is 0 Å². The number of furan rings is 1. The van der Waals surface area contributed by atoms with Gasteiger partial charge in [0.1, 0.15) is 0 Å². The Morgan fingerprint density at radius 1 is 1.29 bits per heavy atom. The zero-order chi connectivity index (χ0) is 12.3. The summed E-state index contributed by atoms with van der Waals surface area (Å²) in [5, 5.41) is 0. The number of carbonyl (C=O) groups is 2. The Balaban J connectivity index is 1.87. The predicted octanol–water partition coefficient (Wildman–Crippen LogP) is -0.477. The summed E-state index contributed by atoms with van der Waals surface area (Å²) in [5.74, 6) is -0.0853. The smallest absolute Gasteiger partial charge is 0.289 e. The van der Waals surface area contributed by atoms with Crippen molar-refractivity contribution < 1.29 is 14.0 Å². The molecular formula is C11H15N3O3. The third kappa shape index (κ3) is 2.85. The average molecular weight is 237 g/mol. The maximum atomic E-state index is 11.9. The summed E-state index contributed by atoms with van der Waals surface area (Å²) < 4.78 is 5.06.